The van der Waals surface area contributed by atoms with Crippen LogP contribution in [0.25, 0.3) is 0 Å². The molecule has 8 heteroatoms. The van der Waals surface area contributed by atoms with E-state index in [9.17, 15) is 10.2 Å². The second kappa shape index (κ2) is 22.3. The predicted molar refractivity (Wildman–Crippen MR) is 254 cm³/mol. The van der Waals surface area contributed by atoms with Crippen LogP contribution >= 0.6 is 0 Å². The summed E-state index contributed by atoms with van der Waals surface area (Å²) in [6, 6.07) is 10.6. The standard InChI is InChI=1S/C49H96O5Si3/c1-15-55(16-2,17-3)52-46(48(12,13)54-57(21-7,22-8)23-9)33-30-41(26-24-34-47(10,11)53-56(18-4,19-5)20-6)45-32-31-44-40(27-25-35-49(44,45)14)29-28-39-36-42(50)38-43(51)37-39/h28-29,41-46,50-51H,15-27,30-38H2,1-14H3/b40-29+/t41-,42+,43+,44-,45+,46+,49-/m0/s1. The SMILES string of the molecule is CC[Si](CC)(CC)O[C@H](CC[C@H](CCCC(C)(C)O[Si](CC)(CC)CC)[C@H]1CC[C@H]2/C(=C/C=C3C[C@@H](O)C[C@H](O)C3)CCC[C@]12C)C(C)(C)O[Si](CC)(CC)CC. The highest BCUT2D eigenvalue weighted by molar-refractivity contribution is 6.74. The average Bonchev–Trinajstić information content (AvgIpc) is 3.54. The maximum Gasteiger partial charge on any atom is 0.192 e. The van der Waals surface area contributed by atoms with Crippen LogP contribution in [0.3, 0.4) is 0 Å². The van der Waals surface area contributed by atoms with E-state index in [1.807, 2.05) is 0 Å². The van der Waals surface area contributed by atoms with Crippen LogP contribution in [0, 0.1) is 23.2 Å². The minimum absolute atomic E-state index is 0.0834. The van der Waals surface area contributed by atoms with Crippen LogP contribution in [-0.2, 0) is 13.3 Å². The van der Waals surface area contributed by atoms with E-state index in [4.69, 9.17) is 13.3 Å². The second-order valence-electron chi connectivity index (χ2n) is 20.7. The lowest BCUT2D eigenvalue weighted by Gasteiger charge is -2.48. The van der Waals surface area contributed by atoms with E-state index in [0.29, 0.717) is 42.4 Å². The van der Waals surface area contributed by atoms with Gasteiger partial charge in [-0.25, -0.2) is 0 Å². The molecule has 57 heavy (non-hydrogen) atoms. The Morgan fingerprint density at radius 3 is 1.75 bits per heavy atom. The third kappa shape index (κ3) is 13.2. The van der Waals surface area contributed by atoms with Gasteiger partial charge in [0.2, 0.25) is 0 Å². The molecule has 0 aromatic rings. The molecule has 0 aliphatic heterocycles. The van der Waals surface area contributed by atoms with Crippen LogP contribution in [0.2, 0.25) is 54.4 Å². The number of allylic oxidation sites excluding steroid dienone is 3. The molecule has 3 saturated carbocycles. The molecule has 0 heterocycles. The molecule has 0 spiro atoms. The van der Waals surface area contributed by atoms with Crippen molar-refractivity contribution >= 4 is 25.0 Å². The zero-order chi connectivity index (χ0) is 42.7. The Labute approximate surface area is 357 Å². The van der Waals surface area contributed by atoms with Gasteiger partial charge in [-0.1, -0.05) is 105 Å². The van der Waals surface area contributed by atoms with Gasteiger partial charge in [0.25, 0.3) is 0 Å². The summed E-state index contributed by atoms with van der Waals surface area (Å²) in [6.45, 7) is 33.6. The Bertz CT molecular complexity index is 1210. The highest BCUT2D eigenvalue weighted by atomic mass is 28.4. The summed E-state index contributed by atoms with van der Waals surface area (Å²) in [5, 5.41) is 20.8. The van der Waals surface area contributed by atoms with Crippen molar-refractivity contribution in [2.75, 3.05) is 0 Å². The normalized spacial score (nSPS) is 27.2. The summed E-state index contributed by atoms with van der Waals surface area (Å²) < 4.78 is 22.3. The van der Waals surface area contributed by atoms with Crippen LogP contribution in [-0.4, -0.2) is 64.7 Å². The molecule has 334 valence electrons. The highest BCUT2D eigenvalue weighted by Crippen LogP contribution is 2.61. The summed E-state index contributed by atoms with van der Waals surface area (Å²) in [6.07, 6.45) is 18.2. The summed E-state index contributed by atoms with van der Waals surface area (Å²) in [5.74, 6) is 1.97. The fourth-order valence-electron chi connectivity index (χ4n) is 12.3. The Morgan fingerprint density at radius 2 is 1.23 bits per heavy atom. The largest absolute Gasteiger partial charge is 0.412 e. The molecular formula is C49H96O5Si3. The van der Waals surface area contributed by atoms with E-state index >= 15 is 0 Å². The Balaban J connectivity index is 1.99. The molecule has 0 unspecified atom stereocenters. The van der Waals surface area contributed by atoms with E-state index < -0.39 is 37.2 Å². The summed E-state index contributed by atoms with van der Waals surface area (Å²) in [7, 11) is -5.45. The fourth-order valence-corrected chi connectivity index (χ4v) is 21.7. The Morgan fingerprint density at radius 1 is 0.702 bits per heavy atom. The first-order valence-corrected chi connectivity index (χ1v) is 32.2. The molecule has 0 aromatic heterocycles. The van der Waals surface area contributed by atoms with Gasteiger partial charge in [0.1, 0.15) is 0 Å². The third-order valence-electron chi connectivity index (χ3n) is 16.8. The van der Waals surface area contributed by atoms with Gasteiger partial charge in [0.05, 0.1) is 29.5 Å². The molecule has 0 radical (unpaired) electrons. The topological polar surface area (TPSA) is 68.2 Å². The highest BCUT2D eigenvalue weighted by Gasteiger charge is 2.52. The zero-order valence-electron chi connectivity index (χ0n) is 40.3. The molecular weight excluding hydrogens is 753 g/mol. The van der Waals surface area contributed by atoms with Crippen molar-refractivity contribution < 1.29 is 23.5 Å². The molecule has 0 bridgehead atoms. The molecule has 5 nitrogen and oxygen atoms in total. The van der Waals surface area contributed by atoms with Crippen LogP contribution in [0.15, 0.2) is 23.3 Å². The molecule has 3 rings (SSSR count). The van der Waals surface area contributed by atoms with Crippen LogP contribution in [0.5, 0.6) is 0 Å². The first kappa shape index (κ1) is 51.3. The van der Waals surface area contributed by atoms with E-state index in [1.165, 1.54) is 111 Å². The minimum Gasteiger partial charge on any atom is -0.412 e. The lowest BCUT2D eigenvalue weighted by Crippen LogP contribution is -2.54. The van der Waals surface area contributed by atoms with Crippen LogP contribution in [0.4, 0.5) is 0 Å². The molecule has 0 saturated heterocycles. The van der Waals surface area contributed by atoms with E-state index in [2.05, 4.69) is 109 Å². The molecule has 3 aliphatic rings. The maximum atomic E-state index is 10.4. The van der Waals surface area contributed by atoms with Crippen molar-refractivity contribution in [2.24, 2.45) is 23.2 Å². The van der Waals surface area contributed by atoms with Crippen molar-refractivity contribution in [2.45, 2.75) is 264 Å². The van der Waals surface area contributed by atoms with Crippen LogP contribution < -0.4 is 0 Å². The first-order chi connectivity index (χ1) is 26.8. The van der Waals surface area contributed by atoms with Crippen molar-refractivity contribution in [1.29, 1.82) is 0 Å². The lowest BCUT2D eigenvalue weighted by molar-refractivity contribution is -0.0376. The monoisotopic (exact) mass is 849 g/mol. The van der Waals surface area contributed by atoms with Gasteiger partial charge in [-0.05, 0) is 176 Å². The molecule has 7 atom stereocenters. The van der Waals surface area contributed by atoms with Crippen molar-refractivity contribution in [3.8, 4) is 0 Å². The van der Waals surface area contributed by atoms with Crippen molar-refractivity contribution in [3.63, 3.8) is 0 Å². The first-order valence-electron chi connectivity index (χ1n) is 24.7. The summed E-state index contributed by atoms with van der Waals surface area (Å²) in [4.78, 5) is 0. The molecule has 2 N–H and O–H groups in total. The van der Waals surface area contributed by atoms with Gasteiger partial charge < -0.3 is 23.5 Å². The molecule has 0 amide bonds. The minimum atomic E-state index is -1.89. The quantitative estimate of drug-likeness (QED) is 0.0896. The Hall–Kier alpha value is -0.0694. The number of aliphatic hydroxyl groups is 2. The van der Waals surface area contributed by atoms with E-state index in [0.717, 1.165) is 12.8 Å². The van der Waals surface area contributed by atoms with Gasteiger partial charge >= 0.3 is 0 Å². The van der Waals surface area contributed by atoms with E-state index in [1.54, 1.807) is 5.57 Å². The zero-order valence-corrected chi connectivity index (χ0v) is 43.3. The molecule has 3 aliphatic carbocycles. The number of rotatable bonds is 25. The lowest BCUT2D eigenvalue weighted by atomic mass is 9.60. The predicted octanol–water partition coefficient (Wildman–Crippen LogP) is 14.5. The van der Waals surface area contributed by atoms with E-state index in [-0.39, 0.29) is 17.3 Å². The van der Waals surface area contributed by atoms with Gasteiger partial charge in [-0.3, -0.25) is 0 Å². The average molecular weight is 850 g/mol. The van der Waals surface area contributed by atoms with Crippen molar-refractivity contribution in [3.05, 3.63) is 23.3 Å². The van der Waals surface area contributed by atoms with Crippen LogP contribution in [0.1, 0.15) is 180 Å². The number of hydrogen-bond acceptors (Lipinski definition) is 5. The fraction of sp³-hybridized carbons (Fsp3) is 0.918. The molecule has 0 aromatic carbocycles. The van der Waals surface area contributed by atoms with Gasteiger partial charge in [0, 0.05) is 0 Å². The second-order valence-corrected chi connectivity index (χ2v) is 34.9. The number of fused-ring (bicyclic) bond motifs is 1. The smallest absolute Gasteiger partial charge is 0.192 e. The van der Waals surface area contributed by atoms with Gasteiger partial charge in [-0.15, -0.1) is 0 Å². The van der Waals surface area contributed by atoms with Crippen molar-refractivity contribution in [1.82, 2.24) is 0 Å². The maximum absolute atomic E-state index is 10.4. The number of hydrogen-bond donors (Lipinski definition) is 2. The summed E-state index contributed by atoms with van der Waals surface area (Å²) >= 11 is 0. The van der Waals surface area contributed by atoms with Gasteiger partial charge in [0.15, 0.2) is 25.0 Å². The number of aliphatic hydroxyl groups excluding tert-OH is 2. The third-order valence-corrected chi connectivity index (χ3v) is 31.1. The van der Waals surface area contributed by atoms with Gasteiger partial charge in [-0.2, -0.15) is 0 Å². The molecule has 3 fully saturated rings. The summed E-state index contributed by atoms with van der Waals surface area (Å²) in [5.41, 5.74) is 2.74. The Kier molecular flexibility index (Phi) is 20.1.